The van der Waals surface area contributed by atoms with Crippen molar-refractivity contribution in [2.45, 2.75) is 0 Å². The Kier molecular flexibility index (Phi) is 6.68. The molecular weight excluding hydrogens is 627 g/mol. The molecule has 3 heterocycles. The molecule has 0 unspecified atom stereocenters. The number of hydrogen-bond acceptors (Lipinski definition) is 3. The van der Waals surface area contributed by atoms with Crippen LogP contribution in [0, 0.1) is 0 Å². The summed E-state index contributed by atoms with van der Waals surface area (Å²) in [5.74, 6) is 0.737. The van der Waals surface area contributed by atoms with Crippen LogP contribution in [0.25, 0.3) is 92.7 Å². The largest absolute Gasteiger partial charge is 0.309 e. The summed E-state index contributed by atoms with van der Waals surface area (Å²) in [6.45, 7) is 0. The Labute approximate surface area is 293 Å². The highest BCUT2D eigenvalue weighted by atomic mass is 32.1. The fraction of sp³-hybridized carbons (Fsp3) is 0. The van der Waals surface area contributed by atoms with E-state index in [9.17, 15) is 0 Å². The van der Waals surface area contributed by atoms with Gasteiger partial charge in [-0.15, -0.1) is 11.3 Å². The molecule has 0 aliphatic heterocycles. The molecule has 0 saturated carbocycles. The zero-order valence-electron chi connectivity index (χ0n) is 27.0. The van der Waals surface area contributed by atoms with Crippen molar-refractivity contribution in [3.8, 4) is 50.6 Å². The first-order valence-corrected chi connectivity index (χ1v) is 17.6. The molecule has 0 amide bonds. The van der Waals surface area contributed by atoms with E-state index < -0.39 is 0 Å². The lowest BCUT2D eigenvalue weighted by molar-refractivity contribution is 1.18. The van der Waals surface area contributed by atoms with Crippen molar-refractivity contribution in [3.63, 3.8) is 0 Å². The lowest BCUT2D eigenvalue weighted by Gasteiger charge is -2.10. The number of nitrogens with zero attached hydrogens (tertiary/aromatic N) is 3. The van der Waals surface area contributed by atoms with Gasteiger partial charge < -0.3 is 4.57 Å². The first-order chi connectivity index (χ1) is 24.8. The minimum Gasteiger partial charge on any atom is -0.309 e. The molecule has 50 heavy (non-hydrogen) atoms. The van der Waals surface area contributed by atoms with Crippen LogP contribution in [0.15, 0.2) is 176 Å². The third-order valence-corrected chi connectivity index (χ3v) is 10.7. The Morgan fingerprint density at radius 2 is 1.00 bits per heavy atom. The van der Waals surface area contributed by atoms with Crippen LogP contribution in [0.3, 0.4) is 0 Å². The van der Waals surface area contributed by atoms with E-state index in [2.05, 4.69) is 174 Å². The molecule has 3 aromatic heterocycles. The molecule has 0 aliphatic carbocycles. The highest BCUT2D eigenvalue weighted by molar-refractivity contribution is 7.25. The van der Waals surface area contributed by atoms with E-state index >= 15 is 0 Å². The van der Waals surface area contributed by atoms with Gasteiger partial charge in [-0.2, -0.15) is 0 Å². The highest BCUT2D eigenvalue weighted by Gasteiger charge is 2.18. The summed E-state index contributed by atoms with van der Waals surface area (Å²) < 4.78 is 3.57. The second kappa shape index (κ2) is 11.7. The maximum atomic E-state index is 5.30. The molecule has 10 aromatic rings. The van der Waals surface area contributed by atoms with Crippen LogP contribution in [0.2, 0.25) is 0 Å². The van der Waals surface area contributed by atoms with Crippen LogP contribution in [0.1, 0.15) is 0 Å². The minimum atomic E-state index is 0.737. The lowest BCUT2D eigenvalue weighted by atomic mass is 9.99. The van der Waals surface area contributed by atoms with Gasteiger partial charge in [0.2, 0.25) is 0 Å². The van der Waals surface area contributed by atoms with Crippen LogP contribution in [0.5, 0.6) is 0 Å². The van der Waals surface area contributed by atoms with Gasteiger partial charge in [-0.1, -0.05) is 133 Å². The third-order valence-electron chi connectivity index (χ3n) is 9.65. The highest BCUT2D eigenvalue weighted by Crippen LogP contribution is 2.41. The average molecular weight is 656 g/mol. The van der Waals surface area contributed by atoms with Crippen LogP contribution in [0.4, 0.5) is 0 Å². The second-order valence-corrected chi connectivity index (χ2v) is 13.6. The average Bonchev–Trinajstić information content (AvgIpc) is 3.74. The van der Waals surface area contributed by atoms with E-state index in [-0.39, 0.29) is 0 Å². The number of thiophene rings is 1. The van der Waals surface area contributed by atoms with Gasteiger partial charge in [0, 0.05) is 43.1 Å². The Hall–Kier alpha value is -6.36. The summed E-state index contributed by atoms with van der Waals surface area (Å²) in [5, 5.41) is 4.80. The van der Waals surface area contributed by atoms with Crippen LogP contribution in [-0.4, -0.2) is 14.5 Å². The predicted octanol–water partition coefficient (Wildman–Crippen LogP) is 12.6. The Morgan fingerprint density at radius 3 is 1.84 bits per heavy atom. The molecule has 3 nitrogen and oxygen atoms in total. The number of benzene rings is 7. The summed E-state index contributed by atoms with van der Waals surface area (Å²) in [4.78, 5) is 11.5. The van der Waals surface area contributed by atoms with Gasteiger partial charge in [-0.25, -0.2) is 9.97 Å². The maximum Gasteiger partial charge on any atom is 0.161 e. The Bertz CT molecular complexity index is 2850. The van der Waals surface area contributed by atoms with Crippen molar-refractivity contribution >= 4 is 53.4 Å². The third kappa shape index (κ3) is 4.73. The van der Waals surface area contributed by atoms with E-state index in [1.807, 2.05) is 6.07 Å². The zero-order valence-corrected chi connectivity index (χ0v) is 27.8. The van der Waals surface area contributed by atoms with Gasteiger partial charge in [-0.05, 0) is 64.7 Å². The number of fused-ring (bicyclic) bond motifs is 6. The van der Waals surface area contributed by atoms with Crippen LogP contribution < -0.4 is 0 Å². The molecule has 7 aromatic carbocycles. The van der Waals surface area contributed by atoms with Gasteiger partial charge in [0.25, 0.3) is 0 Å². The second-order valence-electron chi connectivity index (χ2n) is 12.6. The Balaban J connectivity index is 1.10. The fourth-order valence-corrected chi connectivity index (χ4v) is 8.33. The molecule has 0 fully saturated rings. The molecule has 0 radical (unpaired) electrons. The van der Waals surface area contributed by atoms with Crippen LogP contribution in [-0.2, 0) is 0 Å². The SMILES string of the molecule is c1ccc(-c2cccc(-c3nc(-c4ccc(-c5ccc6c(c5)c5ccccc5n6-c5ccccc5)cc4)c4c(n3)sc3ccccc34)c2)cc1. The van der Waals surface area contributed by atoms with E-state index in [1.165, 1.54) is 54.3 Å². The van der Waals surface area contributed by atoms with Crippen molar-refractivity contribution < 1.29 is 0 Å². The molecule has 0 saturated heterocycles. The van der Waals surface area contributed by atoms with Crippen molar-refractivity contribution in [1.82, 2.24) is 14.5 Å². The molecular formula is C46H29N3S. The first kappa shape index (κ1) is 28.6. The van der Waals surface area contributed by atoms with Gasteiger partial charge in [0.1, 0.15) is 4.83 Å². The predicted molar refractivity (Wildman–Crippen MR) is 211 cm³/mol. The van der Waals surface area contributed by atoms with Crippen molar-refractivity contribution in [2.75, 3.05) is 0 Å². The molecule has 10 rings (SSSR count). The number of hydrogen-bond donors (Lipinski definition) is 0. The van der Waals surface area contributed by atoms with Gasteiger partial charge in [0.05, 0.1) is 16.7 Å². The Morgan fingerprint density at radius 1 is 0.400 bits per heavy atom. The summed E-state index contributed by atoms with van der Waals surface area (Å²) >= 11 is 1.73. The summed E-state index contributed by atoms with van der Waals surface area (Å²) in [7, 11) is 0. The molecule has 234 valence electrons. The summed E-state index contributed by atoms with van der Waals surface area (Å²) in [6.07, 6.45) is 0. The van der Waals surface area contributed by atoms with Crippen molar-refractivity contribution in [2.24, 2.45) is 0 Å². The smallest absolute Gasteiger partial charge is 0.161 e. The van der Waals surface area contributed by atoms with Gasteiger partial charge in [0.15, 0.2) is 5.82 Å². The monoisotopic (exact) mass is 655 g/mol. The summed E-state index contributed by atoms with van der Waals surface area (Å²) in [6, 6.07) is 62.6. The minimum absolute atomic E-state index is 0.737. The topological polar surface area (TPSA) is 30.7 Å². The van der Waals surface area contributed by atoms with Crippen molar-refractivity contribution in [3.05, 3.63) is 176 Å². The zero-order chi connectivity index (χ0) is 33.0. The lowest BCUT2D eigenvalue weighted by Crippen LogP contribution is -1.94. The maximum absolute atomic E-state index is 5.30. The van der Waals surface area contributed by atoms with E-state index in [4.69, 9.17) is 9.97 Å². The van der Waals surface area contributed by atoms with E-state index in [1.54, 1.807) is 11.3 Å². The molecule has 0 bridgehead atoms. The normalized spacial score (nSPS) is 11.6. The molecule has 0 N–H and O–H groups in total. The molecule has 0 aliphatic rings. The number of para-hydroxylation sites is 2. The van der Waals surface area contributed by atoms with E-state index in [0.29, 0.717) is 0 Å². The standard InChI is InChI=1S/C46H29N3S/c1-3-12-30(13-4-1)33-14-11-15-35(28-33)45-47-44(43-38-19-8-10-21-42(38)50-46(43)48-45)32-24-22-31(23-25-32)34-26-27-41-39(29-34)37-18-7-9-20-40(37)49(41)36-16-5-2-6-17-36/h1-29H. The first-order valence-electron chi connectivity index (χ1n) is 16.8. The molecule has 4 heteroatoms. The van der Waals surface area contributed by atoms with Gasteiger partial charge in [-0.3, -0.25) is 0 Å². The molecule has 0 atom stereocenters. The van der Waals surface area contributed by atoms with Gasteiger partial charge >= 0.3 is 0 Å². The quantitative estimate of drug-likeness (QED) is 0.185. The summed E-state index contributed by atoms with van der Waals surface area (Å²) in [5.41, 5.74) is 11.3. The van der Waals surface area contributed by atoms with Crippen molar-refractivity contribution in [1.29, 1.82) is 0 Å². The number of rotatable bonds is 5. The number of aromatic nitrogens is 3. The molecule has 0 spiro atoms. The van der Waals surface area contributed by atoms with Crippen LogP contribution >= 0.6 is 11.3 Å². The fourth-order valence-electron chi connectivity index (χ4n) is 7.26. The van der Waals surface area contributed by atoms with E-state index in [0.717, 1.165) is 38.4 Å².